The van der Waals surface area contributed by atoms with Crippen molar-refractivity contribution in [3.63, 3.8) is 0 Å². The van der Waals surface area contributed by atoms with Crippen LogP contribution in [0, 0.1) is 0 Å². The monoisotopic (exact) mass is 190 g/mol. The van der Waals surface area contributed by atoms with Gasteiger partial charge in [0.1, 0.15) is 0 Å². The molecule has 0 spiro atoms. The van der Waals surface area contributed by atoms with Gasteiger partial charge in [0, 0.05) is 12.1 Å². The molecular formula is C7H8Cl2N2. The largest absolute Gasteiger partial charge is 0.267 e. The van der Waals surface area contributed by atoms with Gasteiger partial charge in [0.25, 0.3) is 0 Å². The Morgan fingerprint density at radius 3 is 2.91 bits per heavy atom. The molecule has 0 aliphatic rings. The Morgan fingerprint density at radius 2 is 2.45 bits per heavy atom. The second kappa shape index (κ2) is 3.79. The molecule has 0 amide bonds. The average Bonchev–Trinajstić information content (AvgIpc) is 2.35. The standard InChI is InChI=1S/C7H8Cl2N2/c1-6(2-8)4-11-5-7(9)3-10-11/h3,5H,1-2,4H2. The highest BCUT2D eigenvalue weighted by molar-refractivity contribution is 6.30. The summed E-state index contributed by atoms with van der Waals surface area (Å²) in [5.74, 6) is 0.456. The molecule has 0 saturated carbocycles. The lowest BCUT2D eigenvalue weighted by molar-refractivity contribution is 0.680. The summed E-state index contributed by atoms with van der Waals surface area (Å²) in [7, 11) is 0. The van der Waals surface area contributed by atoms with Crippen LogP contribution in [-0.4, -0.2) is 15.7 Å². The van der Waals surface area contributed by atoms with Crippen molar-refractivity contribution in [1.82, 2.24) is 9.78 Å². The van der Waals surface area contributed by atoms with Gasteiger partial charge >= 0.3 is 0 Å². The highest BCUT2D eigenvalue weighted by atomic mass is 35.5. The number of nitrogens with zero attached hydrogens (tertiary/aromatic N) is 2. The van der Waals surface area contributed by atoms with Gasteiger partial charge in [-0.25, -0.2) is 0 Å². The SMILES string of the molecule is C=C(CCl)Cn1cc(Cl)cn1. The van der Waals surface area contributed by atoms with Crippen molar-refractivity contribution in [2.45, 2.75) is 6.54 Å². The summed E-state index contributed by atoms with van der Waals surface area (Å²) in [5.41, 5.74) is 0.923. The topological polar surface area (TPSA) is 17.8 Å². The van der Waals surface area contributed by atoms with Gasteiger partial charge in [-0.1, -0.05) is 18.2 Å². The third-order valence-corrected chi connectivity index (χ3v) is 1.75. The lowest BCUT2D eigenvalue weighted by atomic mass is 10.3. The second-order valence-corrected chi connectivity index (χ2v) is 2.94. The zero-order valence-corrected chi connectivity index (χ0v) is 7.44. The first-order valence-corrected chi connectivity index (χ1v) is 4.04. The van der Waals surface area contributed by atoms with E-state index < -0.39 is 0 Å². The van der Waals surface area contributed by atoms with Crippen LogP contribution in [0.1, 0.15) is 0 Å². The molecule has 0 aromatic carbocycles. The molecule has 11 heavy (non-hydrogen) atoms. The fourth-order valence-electron chi connectivity index (χ4n) is 0.696. The average molecular weight is 191 g/mol. The Balaban J connectivity index is 2.57. The molecule has 0 bridgehead atoms. The molecule has 1 rings (SSSR count). The van der Waals surface area contributed by atoms with Gasteiger partial charge in [0.05, 0.1) is 17.8 Å². The molecule has 1 aromatic rings. The van der Waals surface area contributed by atoms with Crippen molar-refractivity contribution in [2.75, 3.05) is 5.88 Å². The first-order valence-electron chi connectivity index (χ1n) is 3.13. The van der Waals surface area contributed by atoms with Crippen LogP contribution in [0.25, 0.3) is 0 Å². The van der Waals surface area contributed by atoms with E-state index in [0.29, 0.717) is 17.4 Å². The molecule has 2 nitrogen and oxygen atoms in total. The summed E-state index contributed by atoms with van der Waals surface area (Å²) >= 11 is 11.2. The van der Waals surface area contributed by atoms with E-state index in [1.165, 1.54) is 0 Å². The Bertz CT molecular complexity index is 255. The lowest BCUT2D eigenvalue weighted by Crippen LogP contribution is -2.00. The summed E-state index contributed by atoms with van der Waals surface area (Å²) in [4.78, 5) is 0. The summed E-state index contributed by atoms with van der Waals surface area (Å²) in [6.45, 7) is 4.38. The Kier molecular flexibility index (Phi) is 2.97. The van der Waals surface area contributed by atoms with E-state index in [4.69, 9.17) is 23.2 Å². The molecule has 4 heteroatoms. The smallest absolute Gasteiger partial charge is 0.0785 e. The predicted molar refractivity (Wildman–Crippen MR) is 47.1 cm³/mol. The van der Waals surface area contributed by atoms with Gasteiger partial charge in [0.2, 0.25) is 0 Å². The summed E-state index contributed by atoms with van der Waals surface area (Å²) in [5, 5.41) is 4.60. The van der Waals surface area contributed by atoms with Gasteiger partial charge in [0.15, 0.2) is 0 Å². The van der Waals surface area contributed by atoms with Crippen LogP contribution in [-0.2, 0) is 6.54 Å². The maximum atomic E-state index is 5.64. The fraction of sp³-hybridized carbons (Fsp3) is 0.286. The normalized spacial score (nSPS) is 10.0. The summed E-state index contributed by atoms with van der Waals surface area (Å²) < 4.78 is 1.70. The van der Waals surface area contributed by atoms with Gasteiger partial charge in [-0.2, -0.15) is 5.10 Å². The number of rotatable bonds is 3. The van der Waals surface area contributed by atoms with Crippen molar-refractivity contribution in [3.8, 4) is 0 Å². The zero-order chi connectivity index (χ0) is 8.27. The predicted octanol–water partition coefficient (Wildman–Crippen LogP) is 2.33. The van der Waals surface area contributed by atoms with Crippen molar-refractivity contribution >= 4 is 23.2 Å². The van der Waals surface area contributed by atoms with Gasteiger partial charge < -0.3 is 0 Å². The van der Waals surface area contributed by atoms with Crippen molar-refractivity contribution < 1.29 is 0 Å². The summed E-state index contributed by atoms with van der Waals surface area (Å²) in [6, 6.07) is 0. The van der Waals surface area contributed by atoms with Crippen molar-refractivity contribution in [3.05, 3.63) is 29.6 Å². The van der Waals surface area contributed by atoms with E-state index in [1.807, 2.05) is 0 Å². The number of halogens is 2. The molecule has 0 N–H and O–H groups in total. The molecule has 0 aliphatic heterocycles. The minimum Gasteiger partial charge on any atom is -0.267 e. The zero-order valence-electron chi connectivity index (χ0n) is 5.93. The molecule has 0 radical (unpaired) electrons. The molecule has 1 aromatic heterocycles. The van der Waals surface area contributed by atoms with Crippen LogP contribution >= 0.6 is 23.2 Å². The minimum absolute atomic E-state index is 0.456. The molecule has 60 valence electrons. The fourth-order valence-corrected chi connectivity index (χ4v) is 0.937. The van der Waals surface area contributed by atoms with Crippen LogP contribution in [0.5, 0.6) is 0 Å². The Labute approximate surface area is 75.4 Å². The van der Waals surface area contributed by atoms with E-state index in [1.54, 1.807) is 17.1 Å². The van der Waals surface area contributed by atoms with Crippen molar-refractivity contribution in [1.29, 1.82) is 0 Å². The first-order chi connectivity index (χ1) is 5.22. The number of alkyl halides is 1. The van der Waals surface area contributed by atoms with Gasteiger partial charge in [-0.05, 0) is 5.57 Å². The van der Waals surface area contributed by atoms with Crippen LogP contribution in [0.2, 0.25) is 5.02 Å². The molecule has 1 heterocycles. The molecule has 0 fully saturated rings. The number of allylic oxidation sites excluding steroid dienone is 1. The van der Waals surface area contributed by atoms with Gasteiger partial charge in [-0.15, -0.1) is 11.6 Å². The molecule has 0 aliphatic carbocycles. The van der Waals surface area contributed by atoms with E-state index in [9.17, 15) is 0 Å². The second-order valence-electron chi connectivity index (χ2n) is 2.24. The molecule has 0 saturated heterocycles. The van der Waals surface area contributed by atoms with E-state index >= 15 is 0 Å². The number of aromatic nitrogens is 2. The highest BCUT2D eigenvalue weighted by Crippen LogP contribution is 2.06. The maximum Gasteiger partial charge on any atom is 0.0785 e. The van der Waals surface area contributed by atoms with Crippen LogP contribution in [0.4, 0.5) is 0 Å². The highest BCUT2D eigenvalue weighted by Gasteiger charge is 1.96. The van der Waals surface area contributed by atoms with E-state index in [2.05, 4.69) is 11.7 Å². The quantitative estimate of drug-likeness (QED) is 0.529. The van der Waals surface area contributed by atoms with E-state index in [0.717, 1.165) is 5.57 Å². The van der Waals surface area contributed by atoms with Crippen molar-refractivity contribution in [2.24, 2.45) is 0 Å². The molecular weight excluding hydrogens is 183 g/mol. The summed E-state index contributed by atoms with van der Waals surface area (Å²) in [6.07, 6.45) is 3.32. The van der Waals surface area contributed by atoms with E-state index in [-0.39, 0.29) is 0 Å². The van der Waals surface area contributed by atoms with Crippen LogP contribution in [0.3, 0.4) is 0 Å². The number of hydrogen-bond donors (Lipinski definition) is 0. The minimum atomic E-state index is 0.456. The molecule has 0 atom stereocenters. The third kappa shape index (κ3) is 2.56. The maximum absolute atomic E-state index is 5.64. The third-order valence-electron chi connectivity index (χ3n) is 1.18. The van der Waals surface area contributed by atoms with Gasteiger partial charge in [-0.3, -0.25) is 4.68 Å². The molecule has 0 unspecified atom stereocenters. The first kappa shape index (κ1) is 8.62. The lowest BCUT2D eigenvalue weighted by Gasteiger charge is -1.99. The van der Waals surface area contributed by atoms with Crippen LogP contribution < -0.4 is 0 Å². The number of hydrogen-bond acceptors (Lipinski definition) is 1. The Morgan fingerprint density at radius 1 is 1.73 bits per heavy atom. The van der Waals surface area contributed by atoms with Crippen LogP contribution in [0.15, 0.2) is 24.5 Å². The Hall–Kier alpha value is -0.470.